The van der Waals surface area contributed by atoms with Gasteiger partial charge < -0.3 is 23.8 Å². The molecule has 8 nitrogen and oxygen atoms in total. The van der Waals surface area contributed by atoms with E-state index in [9.17, 15) is 4.79 Å². The summed E-state index contributed by atoms with van der Waals surface area (Å²) in [6.45, 7) is 7.03. The van der Waals surface area contributed by atoms with Gasteiger partial charge in [-0.05, 0) is 0 Å². The molecule has 0 aliphatic carbocycles. The fourth-order valence-corrected chi connectivity index (χ4v) is 3.54. The maximum absolute atomic E-state index is 12.4. The highest BCUT2D eigenvalue weighted by Gasteiger charge is 2.32. The van der Waals surface area contributed by atoms with E-state index in [-0.39, 0.29) is 11.9 Å². The number of urea groups is 1. The van der Waals surface area contributed by atoms with E-state index < -0.39 is 0 Å². The first-order valence-corrected chi connectivity index (χ1v) is 8.90. The summed E-state index contributed by atoms with van der Waals surface area (Å²) in [6.07, 6.45) is 1.83. The number of carbonyl (C=O) groups excluding carboxylic acids is 1. The van der Waals surface area contributed by atoms with E-state index in [1.807, 2.05) is 18.3 Å². The second kappa shape index (κ2) is 8.16. The molecule has 0 N–H and O–H groups in total. The third kappa shape index (κ3) is 4.31. The Bertz CT molecular complexity index is 583. The number of rotatable bonds is 5. The first-order valence-electron chi connectivity index (χ1n) is 8.90. The SMILES string of the molecule is CN(C)C(=O)N1Cc2ncn(C)c2[C@@H](COCCN2CCOCC2)C1. The quantitative estimate of drug-likeness (QED) is 0.717. The number of ether oxygens (including phenoxy) is 2. The Labute approximate surface area is 149 Å². The molecule has 3 heterocycles. The molecule has 1 saturated heterocycles. The third-order valence-corrected chi connectivity index (χ3v) is 4.86. The number of aryl methyl sites for hydroxylation is 1. The fourth-order valence-electron chi connectivity index (χ4n) is 3.54. The van der Waals surface area contributed by atoms with Crippen LogP contribution in [0.15, 0.2) is 6.33 Å². The summed E-state index contributed by atoms with van der Waals surface area (Å²) in [5.41, 5.74) is 2.17. The van der Waals surface area contributed by atoms with Crippen LogP contribution in [0.5, 0.6) is 0 Å². The van der Waals surface area contributed by atoms with Crippen molar-refractivity contribution in [3.63, 3.8) is 0 Å². The van der Waals surface area contributed by atoms with Gasteiger partial charge in [0.2, 0.25) is 0 Å². The molecule has 1 aromatic rings. The molecule has 1 fully saturated rings. The number of fused-ring (bicyclic) bond motifs is 1. The summed E-state index contributed by atoms with van der Waals surface area (Å²) < 4.78 is 13.4. The van der Waals surface area contributed by atoms with Crippen LogP contribution in [-0.2, 0) is 23.1 Å². The Morgan fingerprint density at radius 3 is 2.88 bits per heavy atom. The van der Waals surface area contributed by atoms with Crippen LogP contribution in [0.1, 0.15) is 17.3 Å². The number of carbonyl (C=O) groups is 1. The van der Waals surface area contributed by atoms with Crippen molar-refractivity contribution in [1.29, 1.82) is 0 Å². The van der Waals surface area contributed by atoms with Crippen LogP contribution >= 0.6 is 0 Å². The van der Waals surface area contributed by atoms with Gasteiger partial charge >= 0.3 is 6.03 Å². The molecule has 0 aromatic carbocycles. The van der Waals surface area contributed by atoms with Crippen molar-refractivity contribution in [2.75, 3.05) is 66.7 Å². The summed E-state index contributed by atoms with van der Waals surface area (Å²) in [6, 6.07) is 0.0228. The average molecular weight is 351 g/mol. The maximum atomic E-state index is 12.4. The summed E-state index contributed by atoms with van der Waals surface area (Å²) in [7, 11) is 5.57. The highest BCUT2D eigenvalue weighted by Crippen LogP contribution is 2.28. The number of imidazole rings is 1. The lowest BCUT2D eigenvalue weighted by molar-refractivity contribution is 0.0170. The number of hydrogen-bond donors (Lipinski definition) is 0. The molecule has 2 aliphatic heterocycles. The molecule has 140 valence electrons. The second-order valence-electron chi connectivity index (χ2n) is 6.97. The molecule has 1 aromatic heterocycles. The minimum atomic E-state index is 0.0228. The zero-order chi connectivity index (χ0) is 17.8. The molecule has 0 bridgehead atoms. The van der Waals surface area contributed by atoms with Crippen molar-refractivity contribution in [2.24, 2.45) is 7.05 Å². The van der Waals surface area contributed by atoms with E-state index in [1.54, 1.807) is 19.0 Å². The molecule has 1 atom stereocenters. The molecule has 0 unspecified atom stereocenters. The van der Waals surface area contributed by atoms with Crippen molar-refractivity contribution in [3.8, 4) is 0 Å². The van der Waals surface area contributed by atoms with Crippen LogP contribution in [0.25, 0.3) is 0 Å². The molecule has 8 heteroatoms. The highest BCUT2D eigenvalue weighted by molar-refractivity contribution is 5.74. The van der Waals surface area contributed by atoms with Crippen LogP contribution < -0.4 is 0 Å². The molecule has 3 rings (SSSR count). The number of amides is 2. The molecule has 2 aliphatic rings. The van der Waals surface area contributed by atoms with E-state index >= 15 is 0 Å². The first kappa shape index (κ1) is 18.2. The lowest BCUT2D eigenvalue weighted by Crippen LogP contribution is -2.45. The molecule has 0 radical (unpaired) electrons. The molecule has 0 saturated carbocycles. The van der Waals surface area contributed by atoms with E-state index in [0.29, 0.717) is 26.3 Å². The smallest absolute Gasteiger partial charge is 0.319 e. The van der Waals surface area contributed by atoms with Crippen molar-refractivity contribution in [3.05, 3.63) is 17.7 Å². The largest absolute Gasteiger partial charge is 0.379 e. The Hall–Kier alpha value is -1.64. The number of morpholine rings is 1. The van der Waals surface area contributed by atoms with Crippen molar-refractivity contribution >= 4 is 6.03 Å². The van der Waals surface area contributed by atoms with Gasteiger partial charge in [-0.25, -0.2) is 9.78 Å². The number of nitrogens with zero attached hydrogens (tertiary/aromatic N) is 5. The standard InChI is InChI=1S/C17H29N5O3/c1-19(2)17(23)22-10-14(16-15(11-22)18-13-20(16)3)12-25-9-6-21-4-7-24-8-5-21/h13-14H,4-12H2,1-3H3/t14-/m1/s1. The van der Waals surface area contributed by atoms with Gasteiger partial charge in [-0.2, -0.15) is 0 Å². The van der Waals surface area contributed by atoms with Crippen molar-refractivity contribution in [1.82, 2.24) is 24.3 Å². The summed E-state index contributed by atoms with van der Waals surface area (Å²) in [5, 5.41) is 0. The molecule has 25 heavy (non-hydrogen) atoms. The lowest BCUT2D eigenvalue weighted by Gasteiger charge is -2.34. The number of aromatic nitrogens is 2. The minimum absolute atomic E-state index is 0.0228. The highest BCUT2D eigenvalue weighted by atomic mass is 16.5. The summed E-state index contributed by atoms with van der Waals surface area (Å²) in [4.78, 5) is 22.7. The zero-order valence-electron chi connectivity index (χ0n) is 15.5. The van der Waals surface area contributed by atoms with Gasteiger partial charge in [-0.1, -0.05) is 0 Å². The predicted octanol–water partition coefficient (Wildman–Crippen LogP) is 0.350. The van der Waals surface area contributed by atoms with Crippen LogP contribution in [0.2, 0.25) is 0 Å². The van der Waals surface area contributed by atoms with Gasteiger partial charge in [0.25, 0.3) is 0 Å². The van der Waals surface area contributed by atoms with E-state index in [2.05, 4.69) is 14.5 Å². The monoisotopic (exact) mass is 351 g/mol. The molecular formula is C17H29N5O3. The van der Waals surface area contributed by atoms with Gasteiger partial charge in [0.1, 0.15) is 0 Å². The van der Waals surface area contributed by atoms with E-state index in [0.717, 1.165) is 38.5 Å². The minimum Gasteiger partial charge on any atom is -0.379 e. The topological polar surface area (TPSA) is 63.1 Å². The van der Waals surface area contributed by atoms with Gasteiger partial charge in [0.15, 0.2) is 0 Å². The number of hydrogen-bond acceptors (Lipinski definition) is 5. The first-order chi connectivity index (χ1) is 12.1. The van der Waals surface area contributed by atoms with Gasteiger partial charge in [-0.15, -0.1) is 0 Å². The van der Waals surface area contributed by atoms with Gasteiger partial charge in [-0.3, -0.25) is 4.90 Å². The normalized spacial score (nSPS) is 21.2. The van der Waals surface area contributed by atoms with Crippen molar-refractivity contribution < 1.29 is 14.3 Å². The Morgan fingerprint density at radius 1 is 1.40 bits per heavy atom. The Morgan fingerprint density at radius 2 is 2.16 bits per heavy atom. The molecular weight excluding hydrogens is 322 g/mol. The molecule has 0 spiro atoms. The molecule has 2 amide bonds. The van der Waals surface area contributed by atoms with Crippen LogP contribution in [0, 0.1) is 0 Å². The second-order valence-corrected chi connectivity index (χ2v) is 6.97. The Balaban J connectivity index is 1.56. The third-order valence-electron chi connectivity index (χ3n) is 4.86. The fraction of sp³-hybridized carbons (Fsp3) is 0.765. The average Bonchev–Trinajstić information content (AvgIpc) is 3.00. The van der Waals surface area contributed by atoms with Gasteiger partial charge in [0.05, 0.1) is 45.0 Å². The van der Waals surface area contributed by atoms with Crippen LogP contribution in [0.3, 0.4) is 0 Å². The maximum Gasteiger partial charge on any atom is 0.319 e. The van der Waals surface area contributed by atoms with Crippen LogP contribution in [-0.4, -0.2) is 97.0 Å². The Kier molecular flexibility index (Phi) is 5.93. The summed E-state index contributed by atoms with van der Waals surface area (Å²) >= 11 is 0. The predicted molar refractivity (Wildman–Crippen MR) is 93.5 cm³/mol. The summed E-state index contributed by atoms with van der Waals surface area (Å²) in [5.74, 6) is 0.157. The van der Waals surface area contributed by atoms with Gasteiger partial charge in [0, 0.05) is 58.9 Å². The van der Waals surface area contributed by atoms with Crippen LogP contribution in [0.4, 0.5) is 4.79 Å². The van der Waals surface area contributed by atoms with Crippen molar-refractivity contribution in [2.45, 2.75) is 12.5 Å². The van der Waals surface area contributed by atoms with E-state index in [1.165, 1.54) is 5.69 Å². The zero-order valence-corrected chi connectivity index (χ0v) is 15.5. The van der Waals surface area contributed by atoms with E-state index in [4.69, 9.17) is 9.47 Å². The lowest BCUT2D eigenvalue weighted by atomic mass is 9.99.